The maximum absolute atomic E-state index is 9.33. The number of piperidine rings is 1. The summed E-state index contributed by atoms with van der Waals surface area (Å²) in [5.74, 6) is 8.88. The highest BCUT2D eigenvalue weighted by Gasteiger charge is 2.36. The lowest BCUT2D eigenvalue weighted by atomic mass is 9.80. The minimum atomic E-state index is -0.147. The molecule has 0 amide bonds. The second-order valence-corrected chi connectivity index (χ2v) is 11.5. The first-order chi connectivity index (χ1) is 18.5. The second kappa shape index (κ2) is 11.0. The lowest BCUT2D eigenvalue weighted by Gasteiger charge is -2.47. The summed E-state index contributed by atoms with van der Waals surface area (Å²) < 4.78 is 7.22. The van der Waals surface area contributed by atoms with Gasteiger partial charge in [0.1, 0.15) is 5.52 Å². The molecule has 6 rings (SSSR count). The van der Waals surface area contributed by atoms with Gasteiger partial charge in [0, 0.05) is 42.3 Å². The number of ether oxygens (including phenoxy) is 1. The molecule has 5 heterocycles. The fraction of sp³-hybridized carbons (Fsp3) is 0.536. The Bertz CT molecular complexity index is 1370. The summed E-state index contributed by atoms with van der Waals surface area (Å²) in [6.07, 6.45) is 2.46. The normalized spacial score (nSPS) is 21.6. The number of aromatic nitrogens is 4. The summed E-state index contributed by atoms with van der Waals surface area (Å²) in [4.78, 5) is 4.69. The Morgan fingerprint density at radius 2 is 1.97 bits per heavy atom. The van der Waals surface area contributed by atoms with Crippen LogP contribution in [0.15, 0.2) is 24.3 Å². The molecular formula is C28H32Cl2N6O2. The SMILES string of the molecule is C[C@H](c1ccc(Cl)cc1Cl)n1nc(C#CC2COC2)c2nnc(N3CC([C@H]4CCCN(CCO)C4)C3)cc21. The number of benzene rings is 1. The fourth-order valence-corrected chi connectivity index (χ4v) is 6.30. The van der Waals surface area contributed by atoms with Gasteiger partial charge in [0.15, 0.2) is 11.5 Å². The molecule has 3 fully saturated rings. The Morgan fingerprint density at radius 1 is 1.13 bits per heavy atom. The first kappa shape index (κ1) is 25.8. The van der Waals surface area contributed by atoms with Crippen LogP contribution in [0.1, 0.15) is 37.1 Å². The molecule has 10 heteroatoms. The molecule has 0 spiro atoms. The maximum atomic E-state index is 9.33. The van der Waals surface area contributed by atoms with E-state index < -0.39 is 0 Å². The Kier molecular flexibility index (Phi) is 7.48. The predicted octanol–water partition coefficient (Wildman–Crippen LogP) is 3.88. The molecule has 1 N–H and O–H groups in total. The predicted molar refractivity (Wildman–Crippen MR) is 149 cm³/mol. The average Bonchev–Trinajstić information content (AvgIpc) is 3.20. The number of likely N-dealkylation sites (tertiary alicyclic amines) is 1. The van der Waals surface area contributed by atoms with Crippen LogP contribution in [0.25, 0.3) is 11.0 Å². The van der Waals surface area contributed by atoms with Gasteiger partial charge in [0.05, 0.1) is 37.3 Å². The molecule has 3 aliphatic rings. The highest BCUT2D eigenvalue weighted by molar-refractivity contribution is 6.35. The molecule has 2 atom stereocenters. The van der Waals surface area contributed by atoms with Gasteiger partial charge >= 0.3 is 0 Å². The van der Waals surface area contributed by atoms with Crippen molar-refractivity contribution in [3.05, 3.63) is 45.6 Å². The molecule has 1 aromatic carbocycles. The molecule has 2 aromatic heterocycles. The molecule has 0 bridgehead atoms. The van der Waals surface area contributed by atoms with Crippen molar-refractivity contribution in [3.8, 4) is 11.8 Å². The molecule has 38 heavy (non-hydrogen) atoms. The molecule has 3 saturated heterocycles. The van der Waals surface area contributed by atoms with E-state index in [4.69, 9.17) is 33.0 Å². The van der Waals surface area contributed by atoms with Crippen LogP contribution in [0.4, 0.5) is 5.82 Å². The highest BCUT2D eigenvalue weighted by atomic mass is 35.5. The quantitative estimate of drug-likeness (QED) is 0.463. The van der Waals surface area contributed by atoms with Gasteiger partial charge in [-0.3, -0.25) is 4.68 Å². The molecule has 3 aromatic rings. The lowest BCUT2D eigenvalue weighted by Crippen LogP contribution is -2.54. The number of hydrogen-bond donors (Lipinski definition) is 1. The molecule has 3 aliphatic heterocycles. The first-order valence-corrected chi connectivity index (χ1v) is 14.1. The van der Waals surface area contributed by atoms with E-state index in [1.807, 2.05) is 16.8 Å². The summed E-state index contributed by atoms with van der Waals surface area (Å²) >= 11 is 12.7. The van der Waals surface area contributed by atoms with Gasteiger partial charge in [0.25, 0.3) is 0 Å². The van der Waals surface area contributed by atoms with Gasteiger partial charge in [-0.1, -0.05) is 35.2 Å². The van der Waals surface area contributed by atoms with Gasteiger partial charge in [-0.25, -0.2) is 0 Å². The fourth-order valence-electron chi connectivity index (χ4n) is 5.74. The Morgan fingerprint density at radius 3 is 2.71 bits per heavy atom. The zero-order valence-corrected chi connectivity index (χ0v) is 23.0. The van der Waals surface area contributed by atoms with Gasteiger partial charge in [-0.2, -0.15) is 5.10 Å². The third-order valence-electron chi connectivity index (χ3n) is 8.11. The van der Waals surface area contributed by atoms with Crippen molar-refractivity contribution in [2.24, 2.45) is 17.8 Å². The third kappa shape index (κ3) is 5.11. The second-order valence-electron chi connectivity index (χ2n) is 10.7. The minimum Gasteiger partial charge on any atom is -0.395 e. The van der Waals surface area contributed by atoms with E-state index >= 15 is 0 Å². The van der Waals surface area contributed by atoms with Crippen molar-refractivity contribution in [2.45, 2.75) is 25.8 Å². The number of rotatable bonds is 6. The summed E-state index contributed by atoms with van der Waals surface area (Å²) in [6, 6.07) is 7.49. The van der Waals surface area contributed by atoms with Crippen LogP contribution in [0.2, 0.25) is 10.0 Å². The van der Waals surface area contributed by atoms with E-state index in [0.717, 1.165) is 49.6 Å². The number of halogens is 2. The van der Waals surface area contributed by atoms with Crippen molar-refractivity contribution in [3.63, 3.8) is 0 Å². The smallest absolute Gasteiger partial charge is 0.163 e. The van der Waals surface area contributed by atoms with Crippen LogP contribution in [-0.2, 0) is 4.74 Å². The largest absolute Gasteiger partial charge is 0.395 e. The zero-order valence-electron chi connectivity index (χ0n) is 21.5. The molecule has 8 nitrogen and oxygen atoms in total. The summed E-state index contributed by atoms with van der Waals surface area (Å²) in [5.41, 5.74) is 3.13. The van der Waals surface area contributed by atoms with Crippen molar-refractivity contribution in [2.75, 3.05) is 57.4 Å². The van der Waals surface area contributed by atoms with E-state index in [2.05, 4.69) is 44.8 Å². The maximum Gasteiger partial charge on any atom is 0.163 e. The molecular weight excluding hydrogens is 523 g/mol. The molecule has 0 unspecified atom stereocenters. The van der Waals surface area contributed by atoms with Crippen molar-refractivity contribution in [1.82, 2.24) is 24.9 Å². The van der Waals surface area contributed by atoms with Crippen LogP contribution in [0.3, 0.4) is 0 Å². The average molecular weight is 556 g/mol. The van der Waals surface area contributed by atoms with Crippen molar-refractivity contribution < 1.29 is 9.84 Å². The van der Waals surface area contributed by atoms with Crippen LogP contribution in [0.5, 0.6) is 0 Å². The van der Waals surface area contributed by atoms with Crippen molar-refractivity contribution in [1.29, 1.82) is 0 Å². The van der Waals surface area contributed by atoms with Gasteiger partial charge in [-0.05, 0) is 61.8 Å². The van der Waals surface area contributed by atoms with Gasteiger partial charge < -0.3 is 19.6 Å². The van der Waals surface area contributed by atoms with E-state index in [1.54, 1.807) is 6.07 Å². The number of fused-ring (bicyclic) bond motifs is 1. The molecule has 0 saturated carbocycles. The van der Waals surface area contributed by atoms with Crippen LogP contribution in [0, 0.1) is 29.6 Å². The lowest BCUT2D eigenvalue weighted by molar-refractivity contribution is -0.00300. The van der Waals surface area contributed by atoms with Gasteiger partial charge in [-0.15, -0.1) is 10.2 Å². The summed E-state index contributed by atoms with van der Waals surface area (Å²) in [7, 11) is 0. The minimum absolute atomic E-state index is 0.147. The molecule has 0 aliphatic carbocycles. The zero-order chi connectivity index (χ0) is 26.2. The Labute approximate surface area is 232 Å². The summed E-state index contributed by atoms with van der Waals surface area (Å²) in [6.45, 7) is 8.50. The number of anilines is 1. The van der Waals surface area contributed by atoms with Crippen LogP contribution < -0.4 is 4.90 Å². The number of hydrogen-bond acceptors (Lipinski definition) is 7. The standard InChI is InChI=1S/C28H32Cl2N6O2/c1-18(23-6-5-22(29)11-24(23)30)36-26-12-27(31-32-28(26)25(33-36)7-4-19-16-38-17-19)35-14-21(15-35)20-3-2-8-34(13-20)9-10-37/h5-6,11-12,18-21,37H,2-3,8-10,13-17H2,1H3/t18-,20+/m1/s1. The van der Waals surface area contributed by atoms with E-state index in [1.165, 1.54) is 12.8 Å². The number of aliphatic hydroxyl groups is 1. The van der Waals surface area contributed by atoms with Crippen LogP contribution >= 0.6 is 23.2 Å². The first-order valence-electron chi connectivity index (χ1n) is 13.4. The number of nitrogens with zero attached hydrogens (tertiary/aromatic N) is 6. The van der Waals surface area contributed by atoms with E-state index in [9.17, 15) is 5.11 Å². The highest BCUT2D eigenvalue weighted by Crippen LogP contribution is 2.35. The van der Waals surface area contributed by atoms with Crippen molar-refractivity contribution >= 4 is 40.1 Å². The monoisotopic (exact) mass is 554 g/mol. The van der Waals surface area contributed by atoms with Crippen LogP contribution in [-0.4, -0.2) is 82.5 Å². The van der Waals surface area contributed by atoms with E-state index in [0.29, 0.717) is 46.3 Å². The molecule has 200 valence electrons. The third-order valence-corrected chi connectivity index (χ3v) is 8.67. The molecule has 0 radical (unpaired) electrons. The Hall–Kier alpha value is -2.41. The summed E-state index contributed by atoms with van der Waals surface area (Å²) in [5, 5.41) is 24.6. The number of β-amino-alcohol motifs (C(OH)–C–C–N with tert-alkyl or cyclic N) is 1. The topological polar surface area (TPSA) is 79.5 Å². The Balaban J connectivity index is 1.27. The van der Waals surface area contributed by atoms with Gasteiger partial charge in [0.2, 0.25) is 0 Å². The van der Waals surface area contributed by atoms with E-state index in [-0.39, 0.29) is 18.6 Å². The number of aliphatic hydroxyl groups excluding tert-OH is 1.